The average molecular weight is 269 g/mol. The maximum Gasteiger partial charge on any atom is 0.184 e. The molecule has 1 atom stereocenters. The molecule has 1 aliphatic heterocycles. The Labute approximate surface area is 119 Å². The van der Waals surface area contributed by atoms with Gasteiger partial charge in [0.05, 0.1) is 13.2 Å². The highest BCUT2D eigenvalue weighted by atomic mass is 16.5. The molecule has 0 bridgehead atoms. The van der Waals surface area contributed by atoms with E-state index in [0.29, 0.717) is 0 Å². The molecule has 3 heteroatoms. The molecule has 0 saturated heterocycles. The zero-order valence-electron chi connectivity index (χ0n) is 11.7. The molecule has 3 nitrogen and oxygen atoms in total. The van der Waals surface area contributed by atoms with E-state index in [0.717, 1.165) is 37.1 Å². The van der Waals surface area contributed by atoms with Crippen LogP contribution in [0.2, 0.25) is 0 Å². The Bertz CT molecular complexity index is 569. The molecule has 1 heterocycles. The Kier molecular flexibility index (Phi) is 3.70. The number of nitrogens with one attached hydrogen (secondary N) is 1. The summed E-state index contributed by atoms with van der Waals surface area (Å²) in [5.41, 5.74) is 3.36. The van der Waals surface area contributed by atoms with E-state index in [-0.39, 0.29) is 11.8 Å². The highest BCUT2D eigenvalue weighted by molar-refractivity contribution is 6.02. The number of hydrogen-bond acceptors (Lipinski definition) is 3. The lowest BCUT2D eigenvalue weighted by Gasteiger charge is -2.29. The van der Waals surface area contributed by atoms with Gasteiger partial charge in [0.25, 0.3) is 0 Å². The number of ketones is 1. The van der Waals surface area contributed by atoms with Crippen molar-refractivity contribution in [2.24, 2.45) is 0 Å². The van der Waals surface area contributed by atoms with Crippen molar-refractivity contribution in [3.63, 3.8) is 0 Å². The van der Waals surface area contributed by atoms with Crippen LogP contribution in [0, 0.1) is 0 Å². The molecule has 0 fully saturated rings. The number of hydrogen-bond donors (Lipinski definition) is 1. The predicted octanol–water partition coefficient (Wildman–Crippen LogP) is 2.89. The largest absolute Gasteiger partial charge is 0.497 e. The molecule has 0 aromatic heterocycles. The lowest BCUT2D eigenvalue weighted by atomic mass is 9.84. The highest BCUT2D eigenvalue weighted by Crippen LogP contribution is 2.28. The molecule has 1 N–H and O–H groups in total. The molecule has 0 amide bonds. The lowest BCUT2D eigenvalue weighted by Crippen LogP contribution is -2.42. The molecule has 1 aromatic rings. The number of Topliss-reactive ketones (excluding diaryl/α,β-unsaturated/α-hetero) is 1. The van der Waals surface area contributed by atoms with Crippen molar-refractivity contribution in [3.05, 3.63) is 53.1 Å². The number of allylic oxidation sites excluding steroid dienone is 1. The van der Waals surface area contributed by atoms with Gasteiger partial charge in [0.15, 0.2) is 5.78 Å². The second kappa shape index (κ2) is 5.63. The Balaban J connectivity index is 1.87. The van der Waals surface area contributed by atoms with E-state index in [2.05, 4.69) is 17.5 Å². The molecule has 20 heavy (non-hydrogen) atoms. The first kappa shape index (κ1) is 13.1. The molecular weight excluding hydrogens is 250 g/mol. The Hall–Kier alpha value is -1.87. The van der Waals surface area contributed by atoms with Crippen LogP contribution in [0.1, 0.15) is 29.6 Å². The standard InChI is InChI=1S/C17H19NO2/c1-20-14-8-6-13(7-9-14)17(19)16-15-5-3-2-4-12(15)10-11-18-16/h3,5-9,16,18H,2,4,10-11H2,1H3/t16-/m0/s1. The third-order valence-electron chi connectivity index (χ3n) is 4.04. The van der Waals surface area contributed by atoms with Gasteiger partial charge >= 0.3 is 0 Å². The van der Waals surface area contributed by atoms with Gasteiger partial charge in [-0.25, -0.2) is 0 Å². The van der Waals surface area contributed by atoms with Gasteiger partial charge in [0.2, 0.25) is 0 Å². The van der Waals surface area contributed by atoms with E-state index in [1.807, 2.05) is 24.3 Å². The Morgan fingerprint density at radius 2 is 2.05 bits per heavy atom. The van der Waals surface area contributed by atoms with Gasteiger partial charge in [-0.2, -0.15) is 0 Å². The Morgan fingerprint density at radius 3 is 2.80 bits per heavy atom. The summed E-state index contributed by atoms with van der Waals surface area (Å²) in [7, 11) is 1.63. The third-order valence-corrected chi connectivity index (χ3v) is 4.04. The predicted molar refractivity (Wildman–Crippen MR) is 79.1 cm³/mol. The molecular formula is C17H19NO2. The van der Waals surface area contributed by atoms with E-state index >= 15 is 0 Å². The molecule has 2 aliphatic rings. The van der Waals surface area contributed by atoms with Gasteiger partial charge in [-0.15, -0.1) is 0 Å². The van der Waals surface area contributed by atoms with Crippen LogP contribution in [0.3, 0.4) is 0 Å². The first-order chi connectivity index (χ1) is 9.79. The van der Waals surface area contributed by atoms with Gasteiger partial charge < -0.3 is 10.1 Å². The number of methoxy groups -OCH3 is 1. The van der Waals surface area contributed by atoms with Crippen LogP contribution in [0.5, 0.6) is 5.75 Å². The normalized spacial score (nSPS) is 21.6. The fraction of sp³-hybridized carbons (Fsp3) is 0.353. The molecule has 0 unspecified atom stereocenters. The van der Waals surface area contributed by atoms with E-state index in [4.69, 9.17) is 4.74 Å². The van der Waals surface area contributed by atoms with Crippen LogP contribution in [0.15, 0.2) is 47.6 Å². The van der Waals surface area contributed by atoms with Crippen LogP contribution in [0.4, 0.5) is 0 Å². The van der Waals surface area contributed by atoms with Gasteiger partial charge in [0.1, 0.15) is 5.75 Å². The van der Waals surface area contributed by atoms with E-state index in [1.54, 1.807) is 7.11 Å². The van der Waals surface area contributed by atoms with Crippen LogP contribution < -0.4 is 10.1 Å². The van der Waals surface area contributed by atoms with Crippen molar-refractivity contribution < 1.29 is 9.53 Å². The highest BCUT2D eigenvalue weighted by Gasteiger charge is 2.28. The third kappa shape index (κ3) is 2.41. The van der Waals surface area contributed by atoms with Gasteiger partial charge in [-0.3, -0.25) is 4.79 Å². The fourth-order valence-corrected chi connectivity index (χ4v) is 2.93. The summed E-state index contributed by atoms with van der Waals surface area (Å²) in [6.07, 6.45) is 7.55. The zero-order chi connectivity index (χ0) is 13.9. The fourth-order valence-electron chi connectivity index (χ4n) is 2.93. The monoisotopic (exact) mass is 269 g/mol. The zero-order valence-corrected chi connectivity index (χ0v) is 11.7. The summed E-state index contributed by atoms with van der Waals surface area (Å²) in [6.45, 7) is 0.888. The second-order valence-corrected chi connectivity index (χ2v) is 5.23. The quantitative estimate of drug-likeness (QED) is 0.857. The van der Waals surface area contributed by atoms with Gasteiger partial charge in [-0.1, -0.05) is 17.7 Å². The van der Waals surface area contributed by atoms with Gasteiger partial charge in [0, 0.05) is 5.56 Å². The molecule has 3 rings (SSSR count). The lowest BCUT2D eigenvalue weighted by molar-refractivity contribution is 0.0957. The van der Waals surface area contributed by atoms with Crippen molar-refractivity contribution in [2.45, 2.75) is 25.3 Å². The van der Waals surface area contributed by atoms with Crippen LogP contribution in [-0.4, -0.2) is 25.5 Å². The maximum absolute atomic E-state index is 12.7. The van der Waals surface area contributed by atoms with Gasteiger partial charge in [-0.05, 0) is 55.6 Å². The number of carbonyl (C=O) groups excluding carboxylic acids is 1. The molecule has 1 aliphatic carbocycles. The van der Waals surface area contributed by atoms with E-state index in [1.165, 1.54) is 11.1 Å². The first-order valence-corrected chi connectivity index (χ1v) is 7.09. The van der Waals surface area contributed by atoms with Crippen molar-refractivity contribution in [1.29, 1.82) is 0 Å². The molecule has 104 valence electrons. The van der Waals surface area contributed by atoms with Crippen molar-refractivity contribution in [2.75, 3.05) is 13.7 Å². The summed E-state index contributed by atoms with van der Waals surface area (Å²) < 4.78 is 5.13. The van der Waals surface area contributed by atoms with E-state index in [9.17, 15) is 4.79 Å². The van der Waals surface area contributed by atoms with Crippen molar-refractivity contribution in [1.82, 2.24) is 5.32 Å². The Morgan fingerprint density at radius 1 is 1.25 bits per heavy atom. The van der Waals surface area contributed by atoms with Crippen LogP contribution in [-0.2, 0) is 0 Å². The number of benzene rings is 1. The summed E-state index contributed by atoms with van der Waals surface area (Å²) in [6, 6.07) is 7.15. The van der Waals surface area contributed by atoms with Crippen LogP contribution in [0.25, 0.3) is 0 Å². The minimum absolute atomic E-state index is 0.145. The maximum atomic E-state index is 12.7. The number of carbonyl (C=O) groups is 1. The van der Waals surface area contributed by atoms with Crippen molar-refractivity contribution in [3.8, 4) is 5.75 Å². The number of ether oxygens (including phenoxy) is 1. The average Bonchev–Trinajstić information content (AvgIpc) is 2.54. The molecule has 0 radical (unpaired) electrons. The molecule has 1 aromatic carbocycles. The van der Waals surface area contributed by atoms with E-state index < -0.39 is 0 Å². The first-order valence-electron chi connectivity index (χ1n) is 7.09. The SMILES string of the molecule is COc1ccc(C(=O)[C@H]2NCCC3=C2C=CCC3)cc1. The second-order valence-electron chi connectivity index (χ2n) is 5.23. The molecule has 0 saturated carbocycles. The summed E-state index contributed by atoms with van der Waals surface area (Å²) in [4.78, 5) is 12.7. The minimum Gasteiger partial charge on any atom is -0.497 e. The topological polar surface area (TPSA) is 38.3 Å². The summed E-state index contributed by atoms with van der Waals surface area (Å²) in [5, 5.41) is 3.36. The van der Waals surface area contributed by atoms with Crippen molar-refractivity contribution >= 4 is 5.78 Å². The smallest absolute Gasteiger partial charge is 0.184 e. The number of rotatable bonds is 3. The van der Waals surface area contributed by atoms with Crippen LogP contribution >= 0.6 is 0 Å². The summed E-state index contributed by atoms with van der Waals surface area (Å²) >= 11 is 0. The minimum atomic E-state index is -0.191. The molecule has 0 spiro atoms. The summed E-state index contributed by atoms with van der Waals surface area (Å²) in [5.74, 6) is 0.919.